The van der Waals surface area contributed by atoms with Gasteiger partial charge in [-0.05, 0) is 31.4 Å². The van der Waals surface area contributed by atoms with E-state index in [0.29, 0.717) is 18.9 Å². The van der Waals surface area contributed by atoms with Crippen LogP contribution in [0.4, 0.5) is 0 Å². The van der Waals surface area contributed by atoms with Gasteiger partial charge in [-0.3, -0.25) is 14.3 Å². The van der Waals surface area contributed by atoms with Gasteiger partial charge in [0.15, 0.2) is 5.65 Å². The van der Waals surface area contributed by atoms with Crippen molar-refractivity contribution in [3.05, 3.63) is 24.0 Å². The Hall–Kier alpha value is -2.44. The lowest BCUT2D eigenvalue weighted by Gasteiger charge is -2.32. The van der Waals surface area contributed by atoms with Gasteiger partial charge in [0, 0.05) is 50.6 Å². The van der Waals surface area contributed by atoms with Gasteiger partial charge in [0.2, 0.25) is 11.8 Å². The Kier molecular flexibility index (Phi) is 4.15. The highest BCUT2D eigenvalue weighted by molar-refractivity contribution is 5.86. The topological polar surface area (TPSA) is 71.3 Å². The Bertz CT molecular complexity index is 807. The first kappa shape index (κ1) is 16.1. The number of carbonyl (C=O) groups excluding carboxylic acids is 2. The summed E-state index contributed by atoms with van der Waals surface area (Å²) < 4.78 is 1.83. The van der Waals surface area contributed by atoms with Crippen molar-refractivity contribution in [2.45, 2.75) is 31.6 Å². The number of likely N-dealkylation sites (tertiary alicyclic amines) is 2. The molecule has 0 bridgehead atoms. The lowest BCUT2D eigenvalue weighted by atomic mass is 9.92. The summed E-state index contributed by atoms with van der Waals surface area (Å²) in [6.45, 7) is 2.40. The standard InChI is InChI=1S/C18H23N5O2/c1-21-18-14(4-2-8-19-18)17(20-21)13-6-10-22(11-7-13)16(25)12-23-9-3-5-15(23)24/h2,4,8,13H,3,5-7,9-12H2,1H3. The normalized spacial score (nSPS) is 19.2. The van der Waals surface area contributed by atoms with E-state index in [1.165, 1.54) is 0 Å². The zero-order valence-electron chi connectivity index (χ0n) is 14.5. The van der Waals surface area contributed by atoms with E-state index in [1.54, 1.807) is 11.1 Å². The van der Waals surface area contributed by atoms with E-state index in [2.05, 4.69) is 16.1 Å². The van der Waals surface area contributed by atoms with E-state index in [-0.39, 0.29) is 18.4 Å². The van der Waals surface area contributed by atoms with E-state index < -0.39 is 0 Å². The van der Waals surface area contributed by atoms with Crippen LogP contribution in [0.15, 0.2) is 18.3 Å². The van der Waals surface area contributed by atoms with Crippen LogP contribution in [-0.4, -0.2) is 62.6 Å². The average molecular weight is 341 g/mol. The molecule has 0 aromatic carbocycles. The molecule has 2 aliphatic rings. The lowest BCUT2D eigenvalue weighted by Crippen LogP contribution is -2.44. The third-order valence-corrected chi connectivity index (χ3v) is 5.36. The van der Waals surface area contributed by atoms with E-state index in [9.17, 15) is 9.59 Å². The number of piperidine rings is 1. The van der Waals surface area contributed by atoms with Gasteiger partial charge in [0.25, 0.3) is 0 Å². The highest BCUT2D eigenvalue weighted by Gasteiger charge is 2.29. The molecule has 0 atom stereocenters. The van der Waals surface area contributed by atoms with Crippen molar-refractivity contribution < 1.29 is 9.59 Å². The van der Waals surface area contributed by atoms with E-state index in [0.717, 1.165) is 49.1 Å². The second-order valence-corrected chi connectivity index (χ2v) is 6.96. The van der Waals surface area contributed by atoms with Crippen LogP contribution in [0.1, 0.15) is 37.3 Å². The molecule has 0 radical (unpaired) electrons. The number of pyridine rings is 1. The third-order valence-electron chi connectivity index (χ3n) is 5.36. The molecule has 132 valence electrons. The second kappa shape index (κ2) is 6.46. The van der Waals surface area contributed by atoms with Crippen LogP contribution in [0, 0.1) is 0 Å². The first-order chi connectivity index (χ1) is 12.1. The van der Waals surface area contributed by atoms with E-state index in [1.807, 2.05) is 22.7 Å². The molecule has 0 N–H and O–H groups in total. The van der Waals surface area contributed by atoms with E-state index >= 15 is 0 Å². The molecule has 2 amide bonds. The van der Waals surface area contributed by atoms with Crippen LogP contribution >= 0.6 is 0 Å². The molecule has 2 aliphatic heterocycles. The summed E-state index contributed by atoms with van der Waals surface area (Å²) >= 11 is 0. The highest BCUT2D eigenvalue weighted by Crippen LogP contribution is 2.31. The SMILES string of the molecule is Cn1nc(C2CCN(C(=O)CN3CCCC3=O)CC2)c2cccnc21. The monoisotopic (exact) mass is 341 g/mol. The van der Waals surface area contributed by atoms with Crippen LogP contribution in [-0.2, 0) is 16.6 Å². The zero-order valence-corrected chi connectivity index (χ0v) is 14.5. The molecule has 4 heterocycles. The molecule has 0 spiro atoms. The lowest BCUT2D eigenvalue weighted by molar-refractivity contribution is -0.139. The molecule has 2 fully saturated rings. The molecule has 7 heteroatoms. The van der Waals surface area contributed by atoms with Gasteiger partial charge in [0.05, 0.1) is 12.2 Å². The first-order valence-electron chi connectivity index (χ1n) is 8.96. The van der Waals surface area contributed by atoms with Gasteiger partial charge in [-0.1, -0.05) is 0 Å². The first-order valence-corrected chi connectivity index (χ1v) is 8.96. The van der Waals surface area contributed by atoms with Crippen LogP contribution in [0.3, 0.4) is 0 Å². The van der Waals surface area contributed by atoms with Gasteiger partial charge >= 0.3 is 0 Å². The number of rotatable bonds is 3. The minimum Gasteiger partial charge on any atom is -0.341 e. The molecule has 2 aromatic heterocycles. The number of fused-ring (bicyclic) bond motifs is 1. The summed E-state index contributed by atoms with van der Waals surface area (Å²) in [6.07, 6.45) is 5.04. The zero-order chi connectivity index (χ0) is 17.4. The van der Waals surface area contributed by atoms with Crippen LogP contribution in [0.5, 0.6) is 0 Å². The number of carbonyl (C=O) groups is 2. The predicted octanol–water partition coefficient (Wildman–Crippen LogP) is 1.30. The van der Waals surface area contributed by atoms with Gasteiger partial charge in [-0.25, -0.2) is 4.98 Å². The summed E-state index contributed by atoms with van der Waals surface area (Å²) in [7, 11) is 1.92. The van der Waals surface area contributed by atoms with Crippen molar-refractivity contribution in [2.75, 3.05) is 26.2 Å². The fourth-order valence-electron chi connectivity index (χ4n) is 3.96. The Labute approximate surface area is 146 Å². The summed E-state index contributed by atoms with van der Waals surface area (Å²) in [4.78, 5) is 32.1. The molecule has 4 rings (SSSR count). The Morgan fingerprint density at radius 3 is 2.80 bits per heavy atom. The van der Waals surface area contributed by atoms with Crippen molar-refractivity contribution in [2.24, 2.45) is 7.05 Å². The van der Waals surface area contributed by atoms with Crippen molar-refractivity contribution in [3.63, 3.8) is 0 Å². The quantitative estimate of drug-likeness (QED) is 0.844. The minimum atomic E-state index is 0.0706. The molecule has 0 unspecified atom stereocenters. The molecular formula is C18H23N5O2. The largest absolute Gasteiger partial charge is 0.341 e. The average Bonchev–Trinajstić information content (AvgIpc) is 3.19. The molecule has 0 aliphatic carbocycles. The number of amides is 2. The third kappa shape index (κ3) is 2.99. The van der Waals surface area contributed by atoms with Crippen molar-refractivity contribution in [3.8, 4) is 0 Å². The van der Waals surface area contributed by atoms with Crippen molar-refractivity contribution in [1.29, 1.82) is 0 Å². The summed E-state index contributed by atoms with van der Waals surface area (Å²) in [5.41, 5.74) is 2.00. The van der Waals surface area contributed by atoms with Crippen molar-refractivity contribution >= 4 is 22.8 Å². The maximum Gasteiger partial charge on any atom is 0.242 e. The Morgan fingerprint density at radius 2 is 2.08 bits per heavy atom. The van der Waals surface area contributed by atoms with Gasteiger partial charge < -0.3 is 9.80 Å². The van der Waals surface area contributed by atoms with Crippen molar-refractivity contribution in [1.82, 2.24) is 24.6 Å². The van der Waals surface area contributed by atoms with E-state index in [4.69, 9.17) is 0 Å². The second-order valence-electron chi connectivity index (χ2n) is 6.96. The molecule has 0 saturated carbocycles. The van der Waals surface area contributed by atoms with Gasteiger partial charge in [-0.15, -0.1) is 0 Å². The highest BCUT2D eigenvalue weighted by atomic mass is 16.2. The predicted molar refractivity (Wildman–Crippen MR) is 92.9 cm³/mol. The van der Waals surface area contributed by atoms with Crippen LogP contribution < -0.4 is 0 Å². The fourth-order valence-corrected chi connectivity index (χ4v) is 3.96. The van der Waals surface area contributed by atoms with Crippen LogP contribution in [0.2, 0.25) is 0 Å². The Balaban J connectivity index is 1.41. The smallest absolute Gasteiger partial charge is 0.242 e. The van der Waals surface area contributed by atoms with Crippen LogP contribution in [0.25, 0.3) is 11.0 Å². The number of hydrogen-bond acceptors (Lipinski definition) is 4. The Morgan fingerprint density at radius 1 is 1.28 bits per heavy atom. The van der Waals surface area contributed by atoms with Gasteiger partial charge in [0.1, 0.15) is 0 Å². The molecule has 2 aromatic rings. The number of aryl methyl sites for hydroxylation is 1. The molecule has 7 nitrogen and oxygen atoms in total. The fraction of sp³-hybridized carbons (Fsp3) is 0.556. The molecule has 2 saturated heterocycles. The minimum absolute atomic E-state index is 0.0706. The number of nitrogens with zero attached hydrogens (tertiary/aromatic N) is 5. The number of hydrogen-bond donors (Lipinski definition) is 0. The molecular weight excluding hydrogens is 318 g/mol. The summed E-state index contributed by atoms with van der Waals surface area (Å²) in [5.74, 6) is 0.530. The molecule has 25 heavy (non-hydrogen) atoms. The summed E-state index contributed by atoms with van der Waals surface area (Å²) in [5, 5.41) is 5.78. The number of aromatic nitrogens is 3. The maximum atomic E-state index is 12.5. The van der Waals surface area contributed by atoms with Gasteiger partial charge in [-0.2, -0.15) is 5.10 Å². The summed E-state index contributed by atoms with van der Waals surface area (Å²) in [6, 6.07) is 4.01. The maximum absolute atomic E-state index is 12.5.